The Hall–Kier alpha value is -2.62. The minimum Gasteiger partial charge on any atom is -0.461 e. The highest BCUT2D eigenvalue weighted by atomic mass is 16.5. The lowest BCUT2D eigenvalue weighted by molar-refractivity contribution is -0.143. The molecular formula is C18H18O4. The summed E-state index contributed by atoms with van der Waals surface area (Å²) in [5.41, 5.74) is 4.05. The Balaban J connectivity index is 2.02. The van der Waals surface area contributed by atoms with Gasteiger partial charge in [0.25, 0.3) is 0 Å². The molecule has 0 aliphatic carbocycles. The fourth-order valence-electron chi connectivity index (χ4n) is 1.96. The summed E-state index contributed by atoms with van der Waals surface area (Å²) in [6.45, 7) is 3.37. The molecule has 0 aliphatic heterocycles. The van der Waals surface area contributed by atoms with E-state index in [1.54, 1.807) is 0 Å². The van der Waals surface area contributed by atoms with Gasteiger partial charge in [0.1, 0.15) is 13.2 Å². The summed E-state index contributed by atoms with van der Waals surface area (Å²) in [4.78, 5) is 21.6. The number of rotatable bonds is 5. The van der Waals surface area contributed by atoms with Crippen LogP contribution in [0, 0.1) is 0 Å². The molecule has 4 nitrogen and oxygen atoms in total. The van der Waals surface area contributed by atoms with Gasteiger partial charge < -0.3 is 9.47 Å². The first-order chi connectivity index (χ1) is 10.5. The lowest BCUT2D eigenvalue weighted by atomic mass is 10.0. The molecule has 0 N–H and O–H groups in total. The quantitative estimate of drug-likeness (QED) is 0.793. The summed E-state index contributed by atoms with van der Waals surface area (Å²) >= 11 is 0. The van der Waals surface area contributed by atoms with Gasteiger partial charge in [0.05, 0.1) is 0 Å². The number of carbonyl (C=O) groups is 2. The van der Waals surface area contributed by atoms with E-state index in [1.165, 1.54) is 13.8 Å². The van der Waals surface area contributed by atoms with Crippen molar-refractivity contribution in [2.45, 2.75) is 27.1 Å². The Morgan fingerprint density at radius 2 is 1.00 bits per heavy atom. The second-order valence-corrected chi connectivity index (χ2v) is 4.95. The summed E-state index contributed by atoms with van der Waals surface area (Å²) in [6.07, 6.45) is 0. The predicted octanol–water partition coefficient (Wildman–Crippen LogP) is 3.48. The molecule has 2 aromatic carbocycles. The summed E-state index contributed by atoms with van der Waals surface area (Å²) in [7, 11) is 0. The largest absolute Gasteiger partial charge is 0.461 e. The summed E-state index contributed by atoms with van der Waals surface area (Å²) in [6, 6.07) is 15.7. The smallest absolute Gasteiger partial charge is 0.302 e. The average molecular weight is 298 g/mol. The van der Waals surface area contributed by atoms with E-state index in [0.717, 1.165) is 22.3 Å². The third kappa shape index (κ3) is 4.74. The summed E-state index contributed by atoms with van der Waals surface area (Å²) in [5.74, 6) is -0.570. The number of hydrogen-bond acceptors (Lipinski definition) is 4. The zero-order valence-corrected chi connectivity index (χ0v) is 12.7. The molecule has 2 rings (SSSR count). The molecule has 0 unspecified atom stereocenters. The minimum absolute atomic E-state index is 0.285. The summed E-state index contributed by atoms with van der Waals surface area (Å²) < 4.78 is 9.91. The Bertz CT molecular complexity index is 582. The van der Waals surface area contributed by atoms with Crippen molar-refractivity contribution in [2.75, 3.05) is 0 Å². The Labute approximate surface area is 129 Å². The van der Waals surface area contributed by atoms with Gasteiger partial charge in [-0.05, 0) is 22.3 Å². The van der Waals surface area contributed by atoms with Crippen LogP contribution in [0.1, 0.15) is 25.0 Å². The van der Waals surface area contributed by atoms with Crippen LogP contribution in [-0.4, -0.2) is 11.9 Å². The van der Waals surface area contributed by atoms with Crippen LogP contribution in [0.3, 0.4) is 0 Å². The van der Waals surface area contributed by atoms with Crippen LogP contribution in [-0.2, 0) is 32.3 Å². The third-order valence-electron chi connectivity index (χ3n) is 3.13. The van der Waals surface area contributed by atoms with Crippen LogP contribution < -0.4 is 0 Å². The average Bonchev–Trinajstić information content (AvgIpc) is 2.52. The Morgan fingerprint density at radius 3 is 1.27 bits per heavy atom. The van der Waals surface area contributed by atoms with Crippen molar-refractivity contribution in [1.29, 1.82) is 0 Å². The van der Waals surface area contributed by atoms with Gasteiger partial charge in [-0.1, -0.05) is 48.5 Å². The highest BCUT2D eigenvalue weighted by molar-refractivity contribution is 5.67. The van der Waals surface area contributed by atoms with E-state index in [1.807, 2.05) is 48.5 Å². The normalized spacial score (nSPS) is 10.1. The topological polar surface area (TPSA) is 52.6 Å². The number of carbonyl (C=O) groups excluding carboxylic acids is 2. The van der Waals surface area contributed by atoms with E-state index in [9.17, 15) is 9.59 Å². The fourth-order valence-corrected chi connectivity index (χ4v) is 1.96. The van der Waals surface area contributed by atoms with Crippen molar-refractivity contribution < 1.29 is 19.1 Å². The summed E-state index contributed by atoms with van der Waals surface area (Å²) in [5, 5.41) is 0. The molecule has 0 heterocycles. The van der Waals surface area contributed by atoms with E-state index >= 15 is 0 Å². The maximum atomic E-state index is 10.8. The van der Waals surface area contributed by atoms with E-state index in [2.05, 4.69) is 0 Å². The molecule has 22 heavy (non-hydrogen) atoms. The number of ether oxygens (including phenoxy) is 2. The van der Waals surface area contributed by atoms with Crippen molar-refractivity contribution in [3.05, 3.63) is 59.7 Å². The van der Waals surface area contributed by atoms with Crippen molar-refractivity contribution in [1.82, 2.24) is 0 Å². The van der Waals surface area contributed by atoms with Crippen molar-refractivity contribution in [3.8, 4) is 11.1 Å². The first-order valence-corrected chi connectivity index (χ1v) is 6.99. The number of benzene rings is 2. The van der Waals surface area contributed by atoms with Gasteiger partial charge in [-0.15, -0.1) is 0 Å². The Morgan fingerprint density at radius 1 is 0.682 bits per heavy atom. The van der Waals surface area contributed by atoms with Crippen molar-refractivity contribution in [2.24, 2.45) is 0 Å². The van der Waals surface area contributed by atoms with Gasteiger partial charge >= 0.3 is 11.9 Å². The highest BCUT2D eigenvalue weighted by Crippen LogP contribution is 2.21. The van der Waals surface area contributed by atoms with Gasteiger partial charge in [-0.3, -0.25) is 9.59 Å². The zero-order valence-electron chi connectivity index (χ0n) is 12.7. The van der Waals surface area contributed by atoms with E-state index < -0.39 is 0 Å². The Kier molecular flexibility index (Phi) is 5.31. The molecule has 0 bridgehead atoms. The van der Waals surface area contributed by atoms with Gasteiger partial charge in [0.2, 0.25) is 0 Å². The van der Waals surface area contributed by atoms with Gasteiger partial charge in [-0.2, -0.15) is 0 Å². The van der Waals surface area contributed by atoms with E-state index in [4.69, 9.17) is 9.47 Å². The third-order valence-corrected chi connectivity index (χ3v) is 3.13. The van der Waals surface area contributed by atoms with Crippen molar-refractivity contribution >= 4 is 11.9 Å². The zero-order chi connectivity index (χ0) is 15.9. The molecule has 0 amide bonds. The van der Waals surface area contributed by atoms with Crippen LogP contribution in [0.2, 0.25) is 0 Å². The lowest BCUT2D eigenvalue weighted by Crippen LogP contribution is -1.98. The fraction of sp³-hybridized carbons (Fsp3) is 0.222. The molecule has 0 saturated carbocycles. The molecule has 0 saturated heterocycles. The van der Waals surface area contributed by atoms with Crippen LogP contribution in [0.25, 0.3) is 11.1 Å². The maximum absolute atomic E-state index is 10.8. The second kappa shape index (κ2) is 7.41. The van der Waals surface area contributed by atoms with E-state index in [-0.39, 0.29) is 25.2 Å². The lowest BCUT2D eigenvalue weighted by Gasteiger charge is -2.07. The monoisotopic (exact) mass is 298 g/mol. The molecular weight excluding hydrogens is 280 g/mol. The van der Waals surface area contributed by atoms with Crippen LogP contribution >= 0.6 is 0 Å². The SMILES string of the molecule is CC(=O)OCc1ccc(-c2ccc(COC(C)=O)cc2)cc1. The van der Waals surface area contributed by atoms with Crippen LogP contribution in [0.15, 0.2) is 48.5 Å². The highest BCUT2D eigenvalue weighted by Gasteiger charge is 2.01. The molecule has 0 fully saturated rings. The molecule has 4 heteroatoms. The molecule has 114 valence electrons. The molecule has 0 radical (unpaired) electrons. The van der Waals surface area contributed by atoms with Gasteiger partial charge in [0, 0.05) is 13.8 Å². The van der Waals surface area contributed by atoms with Crippen LogP contribution in [0.5, 0.6) is 0 Å². The van der Waals surface area contributed by atoms with Gasteiger partial charge in [-0.25, -0.2) is 0 Å². The number of esters is 2. The molecule has 0 atom stereocenters. The van der Waals surface area contributed by atoms with E-state index in [0.29, 0.717) is 0 Å². The maximum Gasteiger partial charge on any atom is 0.302 e. The van der Waals surface area contributed by atoms with Crippen molar-refractivity contribution in [3.63, 3.8) is 0 Å². The first-order valence-electron chi connectivity index (χ1n) is 6.99. The van der Waals surface area contributed by atoms with Crippen LogP contribution in [0.4, 0.5) is 0 Å². The molecule has 0 aromatic heterocycles. The molecule has 2 aromatic rings. The standard InChI is InChI=1S/C18H18O4/c1-13(19)21-11-15-3-7-17(8-4-15)18-9-5-16(6-10-18)12-22-14(2)20/h3-10H,11-12H2,1-2H3. The minimum atomic E-state index is -0.285. The second-order valence-electron chi connectivity index (χ2n) is 4.95. The molecule has 0 spiro atoms. The number of hydrogen-bond donors (Lipinski definition) is 0. The molecule has 0 aliphatic rings. The predicted molar refractivity (Wildman–Crippen MR) is 82.8 cm³/mol. The van der Waals surface area contributed by atoms with Gasteiger partial charge in [0.15, 0.2) is 0 Å². The first kappa shape index (κ1) is 15.8.